The second kappa shape index (κ2) is 6.53. The van der Waals surface area contributed by atoms with E-state index < -0.39 is 0 Å². The van der Waals surface area contributed by atoms with Gasteiger partial charge in [0.05, 0.1) is 6.26 Å². The molecule has 0 amide bonds. The normalized spacial score (nSPS) is 21.2. The lowest BCUT2D eigenvalue weighted by molar-refractivity contribution is 0.230. The topological polar surface area (TPSA) is 88.7 Å². The summed E-state index contributed by atoms with van der Waals surface area (Å²) >= 11 is 0. The summed E-state index contributed by atoms with van der Waals surface area (Å²) in [6, 6.07) is 11.3. The average molecular weight is 405 g/mol. The first kappa shape index (κ1) is 17.4. The molecule has 3 aromatic heterocycles. The van der Waals surface area contributed by atoms with Crippen LogP contribution in [0.2, 0.25) is 0 Å². The third-order valence-electron chi connectivity index (χ3n) is 6.09. The highest BCUT2D eigenvalue weighted by Gasteiger charge is 2.43. The van der Waals surface area contributed by atoms with E-state index in [0.717, 1.165) is 37.3 Å². The minimum atomic E-state index is -0.202. The Balaban J connectivity index is 1.25. The predicted octanol–water partition coefficient (Wildman–Crippen LogP) is 2.57. The average Bonchev–Trinajstić information content (AvgIpc) is 3.53. The number of hydrogen-bond donors (Lipinski definition) is 1. The number of rotatable bonds is 4. The van der Waals surface area contributed by atoms with Crippen LogP contribution in [0.15, 0.2) is 53.3 Å². The van der Waals surface area contributed by atoms with Crippen molar-refractivity contribution in [3.05, 3.63) is 60.2 Å². The van der Waals surface area contributed by atoms with Gasteiger partial charge in [-0.2, -0.15) is 4.52 Å². The second-order valence-corrected chi connectivity index (χ2v) is 7.89. The van der Waals surface area contributed by atoms with Gasteiger partial charge in [0.2, 0.25) is 11.8 Å². The molecular weight excluding hydrogens is 385 g/mol. The zero-order chi connectivity index (χ0) is 20.2. The fraction of sp³-hybridized carbons (Fsp3) is 0.286. The molecule has 6 rings (SSSR count). The van der Waals surface area contributed by atoms with E-state index in [1.807, 2.05) is 18.2 Å². The van der Waals surface area contributed by atoms with Gasteiger partial charge in [-0.05, 0) is 42.8 Å². The molecule has 0 saturated carbocycles. The van der Waals surface area contributed by atoms with Gasteiger partial charge in [-0.1, -0.05) is 0 Å². The lowest BCUT2D eigenvalue weighted by Crippen LogP contribution is -2.46. The molecule has 0 radical (unpaired) electrons. The maximum atomic E-state index is 13.3. The fourth-order valence-electron chi connectivity index (χ4n) is 4.67. The highest BCUT2D eigenvalue weighted by Crippen LogP contribution is 2.35. The van der Waals surface area contributed by atoms with E-state index in [1.54, 1.807) is 23.0 Å². The van der Waals surface area contributed by atoms with Crippen LogP contribution in [0.3, 0.4) is 0 Å². The Morgan fingerprint density at radius 3 is 2.73 bits per heavy atom. The van der Waals surface area contributed by atoms with Gasteiger partial charge in [0, 0.05) is 49.2 Å². The molecular formula is C21H20FN7O. The lowest BCUT2D eigenvalue weighted by atomic mass is 10.2. The van der Waals surface area contributed by atoms with Crippen LogP contribution in [-0.4, -0.2) is 49.7 Å². The number of aromatic nitrogens is 4. The number of fused-ring (bicyclic) bond motifs is 3. The van der Waals surface area contributed by atoms with Crippen molar-refractivity contribution < 1.29 is 8.81 Å². The Hall–Kier alpha value is -3.46. The number of nitrogen functional groups attached to an aromatic ring is 1. The zero-order valence-electron chi connectivity index (χ0n) is 16.1. The van der Waals surface area contributed by atoms with Gasteiger partial charge in [0.15, 0.2) is 11.4 Å². The van der Waals surface area contributed by atoms with Crippen molar-refractivity contribution in [1.82, 2.24) is 24.5 Å². The van der Waals surface area contributed by atoms with Crippen LogP contribution in [0, 0.1) is 5.82 Å². The third kappa shape index (κ3) is 2.73. The molecule has 2 atom stereocenters. The molecule has 2 aliphatic rings. The first-order chi connectivity index (χ1) is 14.7. The smallest absolute Gasteiger partial charge is 0.223 e. The summed E-state index contributed by atoms with van der Waals surface area (Å²) < 4.78 is 20.3. The van der Waals surface area contributed by atoms with E-state index in [1.165, 1.54) is 12.1 Å². The van der Waals surface area contributed by atoms with Crippen LogP contribution >= 0.6 is 0 Å². The van der Waals surface area contributed by atoms with Crippen molar-refractivity contribution in [2.75, 3.05) is 23.7 Å². The standard InChI is InChI=1S/C21H20FN7O/c22-14-3-5-15(6-4-14)28-12-16-8-17(28)11-27(16)10-13-9-24-21(23)29-20(13)25-19(26-29)18-2-1-7-30-18/h1-7,9,16-17H,8,10-12H2,(H2,23,24)/t16-,17-/m0/s1. The molecule has 30 heavy (non-hydrogen) atoms. The Bertz CT molecular complexity index is 1200. The summed E-state index contributed by atoms with van der Waals surface area (Å²) in [7, 11) is 0. The Kier molecular flexibility index (Phi) is 3.79. The number of halogens is 1. The molecule has 2 bridgehead atoms. The largest absolute Gasteiger partial charge is 0.461 e. The highest BCUT2D eigenvalue weighted by atomic mass is 19.1. The van der Waals surface area contributed by atoms with Crippen molar-refractivity contribution in [3.63, 3.8) is 0 Å². The maximum absolute atomic E-state index is 13.3. The van der Waals surface area contributed by atoms with E-state index in [9.17, 15) is 4.39 Å². The van der Waals surface area contributed by atoms with Crippen LogP contribution < -0.4 is 10.6 Å². The molecule has 0 unspecified atom stereocenters. The molecule has 2 aliphatic heterocycles. The van der Waals surface area contributed by atoms with Gasteiger partial charge in [-0.3, -0.25) is 4.90 Å². The van der Waals surface area contributed by atoms with Gasteiger partial charge in [-0.15, -0.1) is 5.10 Å². The van der Waals surface area contributed by atoms with Crippen LogP contribution in [0.5, 0.6) is 0 Å². The zero-order valence-corrected chi connectivity index (χ0v) is 16.1. The molecule has 0 spiro atoms. The van der Waals surface area contributed by atoms with E-state index in [4.69, 9.17) is 10.2 Å². The first-order valence-corrected chi connectivity index (χ1v) is 9.96. The van der Waals surface area contributed by atoms with Gasteiger partial charge in [0.1, 0.15) is 5.82 Å². The van der Waals surface area contributed by atoms with Gasteiger partial charge in [-0.25, -0.2) is 14.4 Å². The van der Waals surface area contributed by atoms with Crippen LogP contribution in [-0.2, 0) is 6.54 Å². The second-order valence-electron chi connectivity index (χ2n) is 7.89. The van der Waals surface area contributed by atoms with Gasteiger partial charge >= 0.3 is 0 Å². The van der Waals surface area contributed by atoms with Crippen molar-refractivity contribution >= 4 is 17.3 Å². The molecule has 2 N–H and O–H groups in total. The number of nitrogens with two attached hydrogens (primary N) is 1. The Morgan fingerprint density at radius 2 is 2.00 bits per heavy atom. The van der Waals surface area contributed by atoms with Crippen molar-refractivity contribution in [2.45, 2.75) is 25.0 Å². The molecule has 9 heteroatoms. The summed E-state index contributed by atoms with van der Waals surface area (Å²) in [5.74, 6) is 1.18. The minimum Gasteiger partial charge on any atom is -0.461 e. The van der Waals surface area contributed by atoms with E-state index >= 15 is 0 Å². The Labute approximate surface area is 171 Å². The van der Waals surface area contributed by atoms with E-state index in [2.05, 4.69) is 24.9 Å². The molecule has 2 fully saturated rings. The molecule has 0 aliphatic carbocycles. The number of furan rings is 1. The lowest BCUT2D eigenvalue weighted by Gasteiger charge is -2.35. The van der Waals surface area contributed by atoms with E-state index in [-0.39, 0.29) is 5.82 Å². The number of anilines is 2. The third-order valence-corrected chi connectivity index (χ3v) is 6.09. The minimum absolute atomic E-state index is 0.202. The number of hydrogen-bond acceptors (Lipinski definition) is 7. The van der Waals surface area contributed by atoms with Crippen molar-refractivity contribution in [2.24, 2.45) is 0 Å². The summed E-state index contributed by atoms with van der Waals surface area (Å²) in [5, 5.41) is 4.46. The summed E-state index contributed by atoms with van der Waals surface area (Å²) in [6.07, 6.45) is 4.48. The molecule has 5 heterocycles. The van der Waals surface area contributed by atoms with Gasteiger partial charge in [0.25, 0.3) is 0 Å². The summed E-state index contributed by atoms with van der Waals surface area (Å²) in [4.78, 5) is 13.8. The van der Waals surface area contributed by atoms with Crippen LogP contribution in [0.1, 0.15) is 12.0 Å². The number of likely N-dealkylation sites (tertiary alicyclic amines) is 1. The molecule has 152 valence electrons. The molecule has 4 aromatic rings. The van der Waals surface area contributed by atoms with Crippen LogP contribution in [0.4, 0.5) is 16.0 Å². The molecule has 1 aromatic carbocycles. The Morgan fingerprint density at radius 1 is 1.13 bits per heavy atom. The SMILES string of the molecule is Nc1ncc(CN2C[C@@H]3C[C@H]2CN3c2ccc(F)cc2)c2nc(-c3ccco3)nn12. The number of piperazine rings is 1. The van der Waals surface area contributed by atoms with Crippen molar-refractivity contribution in [3.8, 4) is 11.6 Å². The van der Waals surface area contributed by atoms with Crippen LogP contribution in [0.25, 0.3) is 17.2 Å². The maximum Gasteiger partial charge on any atom is 0.223 e. The summed E-state index contributed by atoms with van der Waals surface area (Å²) in [5.41, 5.74) is 8.79. The fourth-order valence-corrected chi connectivity index (χ4v) is 4.67. The van der Waals surface area contributed by atoms with Gasteiger partial charge < -0.3 is 15.1 Å². The quantitative estimate of drug-likeness (QED) is 0.558. The van der Waals surface area contributed by atoms with E-state index in [0.29, 0.717) is 35.3 Å². The predicted molar refractivity (Wildman–Crippen MR) is 109 cm³/mol. The number of benzene rings is 1. The summed E-state index contributed by atoms with van der Waals surface area (Å²) in [6.45, 7) is 2.60. The number of nitrogens with zero attached hydrogens (tertiary/aromatic N) is 6. The molecule has 2 saturated heterocycles. The first-order valence-electron chi connectivity index (χ1n) is 9.96. The highest BCUT2D eigenvalue weighted by molar-refractivity contribution is 5.57. The van der Waals surface area contributed by atoms with Crippen molar-refractivity contribution in [1.29, 1.82) is 0 Å². The monoisotopic (exact) mass is 405 g/mol. The molecule has 8 nitrogen and oxygen atoms in total.